The van der Waals surface area contributed by atoms with Gasteiger partial charge in [-0.05, 0) is 26.0 Å². The highest BCUT2D eigenvalue weighted by atomic mass is 19.1. The molecule has 1 aliphatic heterocycles. The van der Waals surface area contributed by atoms with Crippen molar-refractivity contribution >= 4 is 11.7 Å². The fraction of sp³-hybridized carbons (Fsp3) is 0.412. The molecule has 24 heavy (non-hydrogen) atoms. The van der Waals surface area contributed by atoms with Gasteiger partial charge in [0.05, 0.1) is 12.2 Å². The molecule has 0 radical (unpaired) electrons. The van der Waals surface area contributed by atoms with E-state index >= 15 is 0 Å². The molecule has 1 aliphatic rings. The highest BCUT2D eigenvalue weighted by Crippen LogP contribution is 2.19. The zero-order valence-corrected chi connectivity index (χ0v) is 13.9. The maximum Gasteiger partial charge on any atom is 0.239 e. The lowest BCUT2D eigenvalue weighted by Crippen LogP contribution is -2.52. The van der Waals surface area contributed by atoms with Gasteiger partial charge in [0.15, 0.2) is 0 Å². The van der Waals surface area contributed by atoms with E-state index in [1.807, 2.05) is 6.92 Å². The van der Waals surface area contributed by atoms with E-state index in [1.54, 1.807) is 24.3 Å². The first-order valence-electron chi connectivity index (χ1n) is 8.11. The van der Waals surface area contributed by atoms with E-state index in [0.29, 0.717) is 29.8 Å². The number of aryl methyl sites for hydroxylation is 1. The normalized spacial score (nSPS) is 18.5. The van der Waals surface area contributed by atoms with Gasteiger partial charge in [-0.1, -0.05) is 12.1 Å². The van der Waals surface area contributed by atoms with Crippen LogP contribution in [0.4, 0.5) is 10.2 Å². The Kier molecular flexibility index (Phi) is 4.92. The Morgan fingerprint density at radius 2 is 2.25 bits per heavy atom. The highest BCUT2D eigenvalue weighted by molar-refractivity contribution is 5.91. The summed E-state index contributed by atoms with van der Waals surface area (Å²) in [7, 11) is 0. The van der Waals surface area contributed by atoms with Crippen molar-refractivity contribution in [2.75, 3.05) is 31.5 Å². The number of piperazine rings is 1. The van der Waals surface area contributed by atoms with Crippen LogP contribution in [0.25, 0.3) is 5.69 Å². The first-order valence-corrected chi connectivity index (χ1v) is 8.11. The van der Waals surface area contributed by atoms with Gasteiger partial charge in [0.25, 0.3) is 0 Å². The molecule has 1 saturated heterocycles. The molecule has 0 saturated carbocycles. The Bertz CT molecular complexity index is 730. The quantitative estimate of drug-likeness (QED) is 0.892. The van der Waals surface area contributed by atoms with Crippen molar-refractivity contribution in [3.8, 4) is 5.69 Å². The molecule has 6 nitrogen and oxygen atoms in total. The fourth-order valence-corrected chi connectivity index (χ4v) is 2.88. The minimum atomic E-state index is -0.383. The predicted octanol–water partition coefficient (Wildman–Crippen LogP) is 1.55. The average Bonchev–Trinajstić information content (AvgIpc) is 2.90. The molecule has 3 rings (SSSR count). The number of hydrogen-bond donors (Lipinski definition) is 2. The minimum absolute atomic E-state index is 0.124. The summed E-state index contributed by atoms with van der Waals surface area (Å²) in [5.41, 5.74) is 1.03. The van der Waals surface area contributed by atoms with Crippen molar-refractivity contribution in [2.45, 2.75) is 19.9 Å². The van der Waals surface area contributed by atoms with Gasteiger partial charge >= 0.3 is 0 Å². The number of para-hydroxylation sites is 1. The second kappa shape index (κ2) is 7.11. The third-order valence-corrected chi connectivity index (χ3v) is 4.17. The summed E-state index contributed by atoms with van der Waals surface area (Å²) in [6.07, 6.45) is 0. The number of rotatable bonds is 4. The van der Waals surface area contributed by atoms with Gasteiger partial charge in [0.2, 0.25) is 5.91 Å². The largest absolute Gasteiger partial charge is 0.314 e. The predicted molar refractivity (Wildman–Crippen MR) is 90.8 cm³/mol. The standard InChI is InChI=1S/C17H22FN5O/c1-12-9-16(23(21-12)15-6-4-3-5-14(15)18)20-17(24)11-22-8-7-19-10-13(22)2/h3-6,9,13,19H,7-8,10-11H2,1-2H3,(H,20,24)/t13-/m1/s1. The van der Waals surface area contributed by atoms with Crippen molar-refractivity contribution in [1.29, 1.82) is 0 Å². The van der Waals surface area contributed by atoms with Crippen LogP contribution in [0.1, 0.15) is 12.6 Å². The summed E-state index contributed by atoms with van der Waals surface area (Å²) in [5, 5.41) is 10.5. The molecule has 1 atom stereocenters. The van der Waals surface area contributed by atoms with Crippen molar-refractivity contribution in [3.05, 3.63) is 41.8 Å². The zero-order chi connectivity index (χ0) is 17.1. The molecular formula is C17H22FN5O. The van der Waals surface area contributed by atoms with Crippen molar-refractivity contribution in [2.24, 2.45) is 0 Å². The number of amides is 1. The van der Waals surface area contributed by atoms with Crippen LogP contribution in [0, 0.1) is 12.7 Å². The number of halogens is 1. The van der Waals surface area contributed by atoms with Gasteiger partial charge in [-0.15, -0.1) is 0 Å². The SMILES string of the molecule is Cc1cc(NC(=O)CN2CCNC[C@H]2C)n(-c2ccccc2F)n1. The molecule has 1 amide bonds. The first-order chi connectivity index (χ1) is 11.5. The molecule has 0 aliphatic carbocycles. The van der Waals surface area contributed by atoms with E-state index < -0.39 is 0 Å². The minimum Gasteiger partial charge on any atom is -0.314 e. The molecule has 1 aromatic heterocycles. The van der Waals surface area contributed by atoms with Crippen molar-refractivity contribution in [3.63, 3.8) is 0 Å². The monoisotopic (exact) mass is 331 g/mol. The summed E-state index contributed by atoms with van der Waals surface area (Å²) in [4.78, 5) is 14.5. The molecule has 2 heterocycles. The summed E-state index contributed by atoms with van der Waals surface area (Å²) >= 11 is 0. The van der Waals surface area contributed by atoms with Crippen molar-refractivity contribution in [1.82, 2.24) is 20.0 Å². The smallest absolute Gasteiger partial charge is 0.239 e. The second-order valence-corrected chi connectivity index (χ2v) is 6.11. The number of aromatic nitrogens is 2. The summed E-state index contributed by atoms with van der Waals surface area (Å²) < 4.78 is 15.5. The van der Waals surface area contributed by atoms with Gasteiger partial charge in [-0.3, -0.25) is 9.69 Å². The number of nitrogens with zero attached hydrogens (tertiary/aromatic N) is 3. The van der Waals surface area contributed by atoms with Crippen LogP contribution < -0.4 is 10.6 Å². The number of benzene rings is 1. The van der Waals surface area contributed by atoms with Gasteiger partial charge in [0.1, 0.15) is 17.3 Å². The van der Waals surface area contributed by atoms with E-state index in [4.69, 9.17) is 0 Å². The molecule has 128 valence electrons. The summed E-state index contributed by atoms with van der Waals surface area (Å²) in [6, 6.07) is 8.42. The molecule has 1 aromatic carbocycles. The van der Waals surface area contributed by atoms with Crippen LogP contribution in [0.15, 0.2) is 30.3 Å². The topological polar surface area (TPSA) is 62.2 Å². The third kappa shape index (κ3) is 3.63. The Hall–Kier alpha value is -2.25. The zero-order valence-electron chi connectivity index (χ0n) is 13.9. The Balaban J connectivity index is 1.76. The van der Waals surface area contributed by atoms with Gasteiger partial charge in [0, 0.05) is 31.7 Å². The van der Waals surface area contributed by atoms with Crippen LogP contribution in [0.2, 0.25) is 0 Å². The van der Waals surface area contributed by atoms with Crippen LogP contribution >= 0.6 is 0 Å². The van der Waals surface area contributed by atoms with E-state index in [-0.39, 0.29) is 11.7 Å². The Labute approximate surface area is 140 Å². The average molecular weight is 331 g/mol. The van der Waals surface area contributed by atoms with Gasteiger partial charge in [-0.25, -0.2) is 9.07 Å². The number of anilines is 1. The number of carbonyl (C=O) groups excluding carboxylic acids is 1. The number of carbonyl (C=O) groups is 1. The molecule has 2 N–H and O–H groups in total. The van der Waals surface area contributed by atoms with Crippen molar-refractivity contribution < 1.29 is 9.18 Å². The van der Waals surface area contributed by atoms with E-state index in [1.165, 1.54) is 10.7 Å². The fourth-order valence-electron chi connectivity index (χ4n) is 2.88. The first kappa shape index (κ1) is 16.6. The van der Waals surface area contributed by atoms with Gasteiger partial charge in [-0.2, -0.15) is 5.10 Å². The molecule has 0 spiro atoms. The number of hydrogen-bond acceptors (Lipinski definition) is 4. The molecule has 1 fully saturated rings. The molecule has 0 unspecified atom stereocenters. The van der Waals surface area contributed by atoms with E-state index in [9.17, 15) is 9.18 Å². The molecule has 0 bridgehead atoms. The van der Waals surface area contributed by atoms with Gasteiger partial charge < -0.3 is 10.6 Å². The highest BCUT2D eigenvalue weighted by Gasteiger charge is 2.21. The van der Waals surface area contributed by atoms with E-state index in [0.717, 1.165) is 19.6 Å². The molecule has 7 heteroatoms. The maximum absolute atomic E-state index is 14.0. The lowest BCUT2D eigenvalue weighted by molar-refractivity contribution is -0.118. The maximum atomic E-state index is 14.0. The Morgan fingerprint density at radius 1 is 1.46 bits per heavy atom. The molecular weight excluding hydrogens is 309 g/mol. The lowest BCUT2D eigenvalue weighted by Gasteiger charge is -2.33. The Morgan fingerprint density at radius 3 is 3.00 bits per heavy atom. The third-order valence-electron chi connectivity index (χ3n) is 4.17. The summed E-state index contributed by atoms with van der Waals surface area (Å²) in [5.74, 6) is -0.0292. The van der Waals surface area contributed by atoms with Crippen LogP contribution in [-0.2, 0) is 4.79 Å². The summed E-state index contributed by atoms with van der Waals surface area (Å²) in [6.45, 7) is 6.80. The van der Waals surface area contributed by atoms with E-state index in [2.05, 4.69) is 27.6 Å². The van der Waals surface area contributed by atoms with Crippen LogP contribution in [0.5, 0.6) is 0 Å². The number of nitrogens with one attached hydrogen (secondary N) is 2. The molecule has 2 aromatic rings. The lowest BCUT2D eigenvalue weighted by atomic mass is 10.2. The van der Waals surface area contributed by atoms with Crippen LogP contribution in [0.3, 0.4) is 0 Å². The second-order valence-electron chi connectivity index (χ2n) is 6.11. The van der Waals surface area contributed by atoms with Crippen LogP contribution in [-0.4, -0.2) is 52.8 Å².